The summed E-state index contributed by atoms with van der Waals surface area (Å²) in [4.78, 5) is 62.4. The van der Waals surface area contributed by atoms with E-state index in [0.29, 0.717) is 25.9 Å². The number of rotatable bonds is 20. The highest BCUT2D eigenvalue weighted by Crippen LogP contribution is 2.81. The highest BCUT2D eigenvalue weighted by Gasteiger charge is 2.68. The second-order valence-electron chi connectivity index (χ2n) is 9.28. The molecule has 0 saturated carbocycles. The van der Waals surface area contributed by atoms with Crippen LogP contribution in [-0.4, -0.2) is 99.8 Å². The zero-order valence-electron chi connectivity index (χ0n) is 21.8. The van der Waals surface area contributed by atoms with Gasteiger partial charge in [0.05, 0.1) is 0 Å². The summed E-state index contributed by atoms with van der Waals surface area (Å²) < 4.78 is 54.1. The molecule has 0 radical (unpaired) electrons. The van der Waals surface area contributed by atoms with E-state index >= 15 is 0 Å². The molecule has 224 valence electrons. The van der Waals surface area contributed by atoms with Crippen LogP contribution in [0.5, 0.6) is 0 Å². The van der Waals surface area contributed by atoms with Crippen LogP contribution in [0.2, 0.25) is 0 Å². The molecule has 8 N–H and O–H groups in total. The van der Waals surface area contributed by atoms with E-state index in [2.05, 4.69) is 4.31 Å². The summed E-state index contributed by atoms with van der Waals surface area (Å²) >= 11 is 0. The molecule has 0 aliphatic rings. The first-order valence-electron chi connectivity index (χ1n) is 11.9. The van der Waals surface area contributed by atoms with Gasteiger partial charge in [0.1, 0.15) is 0 Å². The van der Waals surface area contributed by atoms with Crippen LogP contribution in [0.15, 0.2) is 0 Å². The topological polar surface area (TPSA) is 246 Å². The second-order valence-corrected chi connectivity index (χ2v) is 17.9. The molecule has 15 nitrogen and oxygen atoms in total. The Kier molecular flexibility index (Phi) is 15.1. The summed E-state index contributed by atoms with van der Waals surface area (Å²) in [6, 6.07) is 0. The lowest BCUT2D eigenvalue weighted by Crippen LogP contribution is -2.37. The van der Waals surface area contributed by atoms with Crippen molar-refractivity contribution in [2.24, 2.45) is 0 Å². The van der Waals surface area contributed by atoms with Gasteiger partial charge in [-0.15, -0.1) is 0 Å². The average Bonchev–Trinajstić information content (AvgIpc) is 2.73. The van der Waals surface area contributed by atoms with E-state index in [-0.39, 0.29) is 13.1 Å². The molecule has 19 heteroatoms. The van der Waals surface area contributed by atoms with E-state index in [0.717, 1.165) is 25.7 Å². The van der Waals surface area contributed by atoms with Gasteiger partial charge in [-0.25, -0.2) is 4.31 Å². The first kappa shape index (κ1) is 37.5. The van der Waals surface area contributed by atoms with Crippen molar-refractivity contribution in [2.45, 2.75) is 75.4 Å². The SMILES string of the molecule is CCCCCN(C)CC[C@@](O)(P(=O)(O)O)P(=O)(O)OP(=O)(O)[C@](O)(CCN(C)CCCCC)P(=O)(O)O. The van der Waals surface area contributed by atoms with Crippen LogP contribution >= 0.6 is 30.4 Å². The third kappa shape index (κ3) is 10.4. The number of hydrogen-bond donors (Lipinski definition) is 8. The van der Waals surface area contributed by atoms with Gasteiger partial charge in [0, 0.05) is 25.9 Å². The minimum absolute atomic E-state index is 0.347. The highest BCUT2D eigenvalue weighted by atomic mass is 31.3. The Morgan fingerprint density at radius 1 is 0.595 bits per heavy atom. The molecule has 2 unspecified atom stereocenters. The van der Waals surface area contributed by atoms with Gasteiger partial charge in [-0.3, -0.25) is 18.3 Å². The van der Waals surface area contributed by atoms with Gasteiger partial charge in [0.15, 0.2) is 0 Å². The lowest BCUT2D eigenvalue weighted by Gasteiger charge is -2.37. The van der Waals surface area contributed by atoms with E-state index in [1.165, 1.54) is 23.9 Å². The van der Waals surface area contributed by atoms with E-state index < -0.39 is 53.4 Å². The van der Waals surface area contributed by atoms with Gasteiger partial charge in [0.2, 0.25) is 0 Å². The molecule has 37 heavy (non-hydrogen) atoms. The maximum Gasteiger partial charge on any atom is 0.379 e. The van der Waals surface area contributed by atoms with Crippen LogP contribution < -0.4 is 0 Å². The molecule has 0 heterocycles. The van der Waals surface area contributed by atoms with E-state index in [1.807, 2.05) is 13.8 Å². The normalized spacial score (nSPS) is 19.8. The molecule has 0 fully saturated rings. The molecule has 0 spiro atoms. The number of unbranched alkanes of at least 4 members (excludes halogenated alkanes) is 4. The molecular formula is C18H44N2O13P4. The molecule has 0 amide bonds. The maximum absolute atomic E-state index is 12.9. The van der Waals surface area contributed by atoms with Gasteiger partial charge in [-0.05, 0) is 40.0 Å². The Balaban J connectivity index is 6.01. The predicted octanol–water partition coefficient (Wildman–Crippen LogP) is 2.05. The molecule has 0 bridgehead atoms. The lowest BCUT2D eigenvalue weighted by atomic mass is 10.2. The molecule has 0 aromatic rings. The third-order valence-corrected chi connectivity index (χ3v) is 15.4. The van der Waals surface area contributed by atoms with E-state index in [1.54, 1.807) is 0 Å². The lowest BCUT2D eigenvalue weighted by molar-refractivity contribution is 0.0962. The van der Waals surface area contributed by atoms with Crippen molar-refractivity contribution in [3.05, 3.63) is 0 Å². The molecule has 0 aliphatic heterocycles. The van der Waals surface area contributed by atoms with Gasteiger partial charge >= 0.3 is 30.4 Å². The first-order chi connectivity index (χ1) is 16.6. The smallest absolute Gasteiger partial charge is 0.367 e. The summed E-state index contributed by atoms with van der Waals surface area (Å²) in [6.45, 7) is 4.01. The van der Waals surface area contributed by atoms with Crippen LogP contribution in [0.1, 0.15) is 65.2 Å². The van der Waals surface area contributed by atoms with Crippen molar-refractivity contribution < 1.29 is 62.1 Å². The Morgan fingerprint density at radius 2 is 0.892 bits per heavy atom. The molecule has 0 aromatic heterocycles. The third-order valence-electron chi connectivity index (χ3n) is 6.00. The fourth-order valence-corrected chi connectivity index (χ4v) is 10.4. The van der Waals surface area contributed by atoms with Crippen LogP contribution in [0, 0.1) is 0 Å². The molecular weight excluding hydrogens is 576 g/mol. The molecule has 0 aliphatic carbocycles. The Hall–Kier alpha value is 0.480. The van der Waals surface area contributed by atoms with E-state index in [4.69, 9.17) is 0 Å². The summed E-state index contributed by atoms with van der Waals surface area (Å²) in [7, 11) is -21.4. The molecule has 0 rings (SSSR count). The first-order valence-corrected chi connectivity index (χ1v) is 18.3. The predicted molar refractivity (Wildman–Crippen MR) is 138 cm³/mol. The largest absolute Gasteiger partial charge is 0.379 e. The minimum Gasteiger partial charge on any atom is -0.367 e. The standard InChI is InChI=1S/C18H44N2O13P4/c1-5-7-9-13-19(3)15-11-17(21,34(23,24)25)36(29,30)33-37(31,32)18(22,35(26,27)28)12-16-20(4)14-10-8-6-2/h21-22H,5-16H2,1-4H3,(H,29,30)(H,31,32)(H2,23,24,25)(H2,26,27,28)/t17-,18+. The van der Waals surface area contributed by atoms with Crippen molar-refractivity contribution in [1.29, 1.82) is 0 Å². The van der Waals surface area contributed by atoms with Gasteiger partial charge < -0.3 is 49.4 Å². The fourth-order valence-electron chi connectivity index (χ4n) is 3.35. The quantitative estimate of drug-likeness (QED) is 0.0717. The van der Waals surface area contributed by atoms with Gasteiger partial charge in [0.25, 0.3) is 10.2 Å². The van der Waals surface area contributed by atoms with Crippen LogP contribution in [-0.2, 0) is 22.6 Å². The van der Waals surface area contributed by atoms with Crippen LogP contribution in [0.4, 0.5) is 0 Å². The van der Waals surface area contributed by atoms with Crippen molar-refractivity contribution in [2.75, 3.05) is 40.3 Å². The Morgan fingerprint density at radius 3 is 1.14 bits per heavy atom. The van der Waals surface area contributed by atoms with Crippen molar-refractivity contribution >= 4 is 30.4 Å². The number of hydrogen-bond acceptors (Lipinski definition) is 9. The van der Waals surface area contributed by atoms with Gasteiger partial charge in [-0.2, -0.15) is 0 Å². The molecule has 0 saturated heterocycles. The minimum atomic E-state index is -6.24. The van der Waals surface area contributed by atoms with Gasteiger partial charge in [-0.1, -0.05) is 39.5 Å². The monoisotopic (exact) mass is 620 g/mol. The molecule has 4 atom stereocenters. The number of nitrogens with zero attached hydrogens (tertiary/aromatic N) is 2. The van der Waals surface area contributed by atoms with Crippen LogP contribution in [0.25, 0.3) is 0 Å². The Bertz CT molecular complexity index is 827. The maximum atomic E-state index is 12.9. The summed E-state index contributed by atoms with van der Waals surface area (Å²) in [6.07, 6.45) is 2.59. The van der Waals surface area contributed by atoms with Crippen molar-refractivity contribution in [3.63, 3.8) is 0 Å². The summed E-state index contributed by atoms with van der Waals surface area (Å²) in [5, 5.41) is 13.4. The average molecular weight is 620 g/mol. The van der Waals surface area contributed by atoms with E-state index in [9.17, 15) is 57.8 Å². The molecule has 0 aromatic carbocycles. The Labute approximate surface area is 218 Å². The number of aliphatic hydroxyl groups is 2. The summed E-state index contributed by atoms with van der Waals surface area (Å²) in [5.74, 6) is 0. The van der Waals surface area contributed by atoms with Crippen LogP contribution in [0.3, 0.4) is 0 Å². The van der Waals surface area contributed by atoms with Crippen molar-refractivity contribution in [3.8, 4) is 0 Å². The zero-order chi connectivity index (χ0) is 29.3. The second kappa shape index (κ2) is 14.9. The van der Waals surface area contributed by atoms with Crippen molar-refractivity contribution in [1.82, 2.24) is 9.80 Å². The highest BCUT2D eigenvalue weighted by molar-refractivity contribution is 7.80. The zero-order valence-corrected chi connectivity index (χ0v) is 25.4. The summed E-state index contributed by atoms with van der Waals surface area (Å²) in [5.41, 5.74) is 0. The fraction of sp³-hybridized carbons (Fsp3) is 1.00.